The number of hydrogen-bond acceptors (Lipinski definition) is 2. The molecular weight excluding hydrogens is 264 g/mol. The second-order valence-corrected chi connectivity index (χ2v) is 4.89. The van der Waals surface area contributed by atoms with Crippen LogP contribution in [0.25, 0.3) is 21.8 Å². The molecule has 0 atom stereocenters. The van der Waals surface area contributed by atoms with Gasteiger partial charge in [0.1, 0.15) is 16.6 Å². The number of halogens is 2. The van der Waals surface area contributed by atoms with Crippen LogP contribution in [0.15, 0.2) is 53.9 Å². The van der Waals surface area contributed by atoms with Crippen molar-refractivity contribution >= 4 is 11.3 Å². The SMILES string of the molecule is Fc1ccc(F)c(-c2csc(-c3ccccc3)n2)c1. The molecule has 0 amide bonds. The van der Waals surface area contributed by atoms with E-state index in [-0.39, 0.29) is 5.56 Å². The van der Waals surface area contributed by atoms with Crippen molar-refractivity contribution in [3.05, 3.63) is 65.5 Å². The molecule has 0 radical (unpaired) electrons. The third-order valence-corrected chi connectivity index (χ3v) is 3.62. The predicted molar refractivity (Wildman–Crippen MR) is 72.9 cm³/mol. The molecule has 0 saturated carbocycles. The summed E-state index contributed by atoms with van der Waals surface area (Å²) < 4.78 is 26.8. The normalized spacial score (nSPS) is 10.6. The standard InChI is InChI=1S/C15H9F2NS/c16-11-6-7-13(17)12(8-11)14-9-19-15(18-14)10-4-2-1-3-5-10/h1-9H. The second-order valence-electron chi connectivity index (χ2n) is 4.03. The number of rotatable bonds is 2. The molecule has 0 unspecified atom stereocenters. The van der Waals surface area contributed by atoms with Crippen LogP contribution in [0, 0.1) is 11.6 Å². The van der Waals surface area contributed by atoms with Gasteiger partial charge in [0.05, 0.1) is 5.69 Å². The minimum absolute atomic E-state index is 0.193. The topological polar surface area (TPSA) is 12.9 Å². The third kappa shape index (κ3) is 2.39. The maximum Gasteiger partial charge on any atom is 0.132 e. The Bertz CT molecular complexity index is 707. The maximum absolute atomic E-state index is 13.7. The van der Waals surface area contributed by atoms with E-state index in [1.54, 1.807) is 5.38 Å². The van der Waals surface area contributed by atoms with Gasteiger partial charge in [-0.1, -0.05) is 30.3 Å². The largest absolute Gasteiger partial charge is 0.236 e. The predicted octanol–water partition coefficient (Wildman–Crippen LogP) is 4.76. The second kappa shape index (κ2) is 4.90. The molecule has 0 aliphatic rings. The third-order valence-electron chi connectivity index (χ3n) is 2.73. The molecule has 0 bridgehead atoms. The average molecular weight is 273 g/mol. The summed E-state index contributed by atoms with van der Waals surface area (Å²) in [6.07, 6.45) is 0. The minimum atomic E-state index is -0.467. The van der Waals surface area contributed by atoms with Crippen molar-refractivity contribution in [3.63, 3.8) is 0 Å². The Balaban J connectivity index is 2.04. The first-order valence-electron chi connectivity index (χ1n) is 5.70. The van der Waals surface area contributed by atoms with Crippen LogP contribution >= 0.6 is 11.3 Å². The Morgan fingerprint density at radius 1 is 0.947 bits per heavy atom. The number of hydrogen-bond donors (Lipinski definition) is 0. The number of nitrogens with zero attached hydrogens (tertiary/aromatic N) is 1. The van der Waals surface area contributed by atoms with Crippen LogP contribution in [-0.2, 0) is 0 Å². The van der Waals surface area contributed by atoms with Crippen molar-refractivity contribution < 1.29 is 8.78 Å². The van der Waals surface area contributed by atoms with E-state index in [0.717, 1.165) is 22.7 Å². The van der Waals surface area contributed by atoms with E-state index in [9.17, 15) is 8.78 Å². The molecule has 94 valence electrons. The molecule has 1 aromatic heterocycles. The van der Waals surface area contributed by atoms with Crippen LogP contribution < -0.4 is 0 Å². The number of benzene rings is 2. The van der Waals surface area contributed by atoms with Gasteiger partial charge in [-0.3, -0.25) is 0 Å². The molecule has 0 aliphatic heterocycles. The Morgan fingerprint density at radius 2 is 1.74 bits per heavy atom. The fourth-order valence-corrected chi connectivity index (χ4v) is 2.63. The van der Waals surface area contributed by atoms with Gasteiger partial charge >= 0.3 is 0 Å². The summed E-state index contributed by atoms with van der Waals surface area (Å²) in [6, 6.07) is 13.0. The molecule has 0 spiro atoms. The minimum Gasteiger partial charge on any atom is -0.236 e. The van der Waals surface area contributed by atoms with Gasteiger partial charge in [0.2, 0.25) is 0 Å². The highest BCUT2D eigenvalue weighted by molar-refractivity contribution is 7.13. The van der Waals surface area contributed by atoms with E-state index in [2.05, 4.69) is 4.98 Å². The van der Waals surface area contributed by atoms with Crippen LogP contribution in [0.3, 0.4) is 0 Å². The molecule has 3 aromatic rings. The van der Waals surface area contributed by atoms with E-state index in [0.29, 0.717) is 5.69 Å². The highest BCUT2D eigenvalue weighted by Gasteiger charge is 2.11. The zero-order chi connectivity index (χ0) is 13.2. The van der Waals surface area contributed by atoms with Crippen LogP contribution in [0.5, 0.6) is 0 Å². The average Bonchev–Trinajstić information content (AvgIpc) is 2.92. The van der Waals surface area contributed by atoms with Gasteiger partial charge in [-0.2, -0.15) is 0 Å². The van der Waals surface area contributed by atoms with Crippen LogP contribution in [0.1, 0.15) is 0 Å². The molecule has 0 aliphatic carbocycles. The summed E-state index contributed by atoms with van der Waals surface area (Å²) in [5, 5.41) is 2.53. The summed E-state index contributed by atoms with van der Waals surface area (Å²) in [7, 11) is 0. The van der Waals surface area contributed by atoms with Crippen molar-refractivity contribution in [1.29, 1.82) is 0 Å². The highest BCUT2D eigenvalue weighted by atomic mass is 32.1. The zero-order valence-corrected chi connectivity index (χ0v) is 10.6. The quantitative estimate of drug-likeness (QED) is 0.656. The molecule has 1 heterocycles. The number of aromatic nitrogens is 1. The van der Waals surface area contributed by atoms with Gasteiger partial charge in [0.25, 0.3) is 0 Å². The van der Waals surface area contributed by atoms with Crippen molar-refractivity contribution in [2.45, 2.75) is 0 Å². The van der Waals surface area contributed by atoms with E-state index >= 15 is 0 Å². The maximum atomic E-state index is 13.7. The highest BCUT2D eigenvalue weighted by Crippen LogP contribution is 2.30. The Labute approximate surface area is 113 Å². The summed E-state index contributed by atoms with van der Waals surface area (Å²) in [4.78, 5) is 4.36. The molecule has 0 fully saturated rings. The molecule has 0 N–H and O–H groups in total. The van der Waals surface area contributed by atoms with Crippen LogP contribution in [0.2, 0.25) is 0 Å². The van der Waals surface area contributed by atoms with Gasteiger partial charge in [-0.25, -0.2) is 13.8 Å². The van der Waals surface area contributed by atoms with E-state index < -0.39 is 11.6 Å². The van der Waals surface area contributed by atoms with Crippen molar-refractivity contribution in [2.24, 2.45) is 0 Å². The summed E-state index contributed by atoms with van der Waals surface area (Å²) in [5.41, 5.74) is 1.62. The lowest BCUT2D eigenvalue weighted by atomic mass is 10.1. The molecule has 0 saturated heterocycles. The summed E-state index contributed by atoms with van der Waals surface area (Å²) in [6.45, 7) is 0. The molecule has 3 rings (SSSR count). The molecule has 2 aromatic carbocycles. The Hall–Kier alpha value is -2.07. The van der Waals surface area contributed by atoms with Gasteiger partial charge in [-0.15, -0.1) is 11.3 Å². The van der Waals surface area contributed by atoms with Gasteiger partial charge in [0, 0.05) is 16.5 Å². The molecular formula is C15H9F2NS. The number of thiazole rings is 1. The molecule has 1 nitrogen and oxygen atoms in total. The van der Waals surface area contributed by atoms with Crippen molar-refractivity contribution in [2.75, 3.05) is 0 Å². The van der Waals surface area contributed by atoms with Crippen molar-refractivity contribution in [3.8, 4) is 21.8 Å². The first kappa shape index (κ1) is 12.0. The van der Waals surface area contributed by atoms with E-state index in [4.69, 9.17) is 0 Å². The fraction of sp³-hybridized carbons (Fsp3) is 0. The Morgan fingerprint density at radius 3 is 2.53 bits per heavy atom. The summed E-state index contributed by atoms with van der Waals surface area (Å²) in [5.74, 6) is -0.933. The van der Waals surface area contributed by atoms with Gasteiger partial charge in [-0.05, 0) is 18.2 Å². The van der Waals surface area contributed by atoms with E-state index in [1.807, 2.05) is 30.3 Å². The van der Waals surface area contributed by atoms with Crippen molar-refractivity contribution in [1.82, 2.24) is 4.98 Å². The van der Waals surface area contributed by atoms with Gasteiger partial charge < -0.3 is 0 Å². The van der Waals surface area contributed by atoms with Crippen LogP contribution in [0.4, 0.5) is 8.78 Å². The zero-order valence-electron chi connectivity index (χ0n) is 9.81. The lowest BCUT2D eigenvalue weighted by Gasteiger charge is -1.99. The first-order chi connectivity index (χ1) is 9.24. The first-order valence-corrected chi connectivity index (χ1v) is 6.58. The lowest BCUT2D eigenvalue weighted by molar-refractivity contribution is 0.603. The summed E-state index contributed by atoms with van der Waals surface area (Å²) >= 11 is 1.41. The monoisotopic (exact) mass is 273 g/mol. The smallest absolute Gasteiger partial charge is 0.132 e. The van der Waals surface area contributed by atoms with E-state index in [1.165, 1.54) is 17.4 Å². The Kier molecular flexibility index (Phi) is 3.09. The van der Waals surface area contributed by atoms with Crippen LogP contribution in [-0.4, -0.2) is 4.98 Å². The van der Waals surface area contributed by atoms with Gasteiger partial charge in [0.15, 0.2) is 0 Å². The fourth-order valence-electron chi connectivity index (χ4n) is 1.80. The lowest BCUT2D eigenvalue weighted by Crippen LogP contribution is -1.86. The molecule has 19 heavy (non-hydrogen) atoms. The molecule has 4 heteroatoms.